The molecule has 1 aromatic rings. The normalized spacial score (nSPS) is 10.5. The molecule has 0 bridgehead atoms. The van der Waals surface area contributed by atoms with Crippen molar-refractivity contribution < 1.29 is 0 Å². The minimum Gasteiger partial charge on any atom is -0.312 e. The van der Waals surface area contributed by atoms with Crippen molar-refractivity contribution in [3.05, 3.63) is 21.9 Å². The summed E-state index contributed by atoms with van der Waals surface area (Å²) in [5, 5.41) is 14.0. The van der Waals surface area contributed by atoms with Crippen LogP contribution in [-0.2, 0) is 6.54 Å². The maximum atomic E-state index is 8.68. The Labute approximate surface area is 95.9 Å². The fourth-order valence-electron chi connectivity index (χ4n) is 1.51. The summed E-state index contributed by atoms with van der Waals surface area (Å²) in [6.45, 7) is 6.43. The molecule has 2 nitrogen and oxygen atoms in total. The molecule has 0 spiro atoms. The van der Waals surface area contributed by atoms with Crippen LogP contribution in [0.3, 0.4) is 0 Å². The van der Waals surface area contributed by atoms with Crippen LogP contribution in [0.15, 0.2) is 11.4 Å². The van der Waals surface area contributed by atoms with Gasteiger partial charge in [0.15, 0.2) is 0 Å². The predicted octanol–water partition coefficient (Wildman–Crippen LogP) is 3.15. The van der Waals surface area contributed by atoms with E-state index in [1.165, 1.54) is 17.7 Å². The van der Waals surface area contributed by atoms with Crippen LogP contribution in [0.2, 0.25) is 0 Å². The maximum absolute atomic E-state index is 8.68. The maximum Gasteiger partial charge on any atom is 0.100 e. The minimum atomic E-state index is 0.777. The van der Waals surface area contributed by atoms with Crippen molar-refractivity contribution in [3.63, 3.8) is 0 Å². The van der Waals surface area contributed by atoms with E-state index in [1.54, 1.807) is 11.3 Å². The fourth-order valence-corrected chi connectivity index (χ4v) is 2.29. The largest absolute Gasteiger partial charge is 0.312 e. The van der Waals surface area contributed by atoms with Crippen molar-refractivity contribution >= 4 is 11.3 Å². The first-order valence-electron chi connectivity index (χ1n) is 5.48. The summed E-state index contributed by atoms with van der Waals surface area (Å²) in [7, 11) is 0. The number of rotatable bonds is 6. The van der Waals surface area contributed by atoms with Crippen molar-refractivity contribution in [1.82, 2.24) is 5.32 Å². The SMILES string of the molecule is CCC(CC)CNCc1cc(C#N)cs1. The summed E-state index contributed by atoms with van der Waals surface area (Å²) < 4.78 is 0. The van der Waals surface area contributed by atoms with Crippen molar-refractivity contribution in [2.24, 2.45) is 5.92 Å². The van der Waals surface area contributed by atoms with Crippen LogP contribution in [0.5, 0.6) is 0 Å². The van der Waals surface area contributed by atoms with E-state index in [2.05, 4.69) is 25.2 Å². The molecule has 0 saturated carbocycles. The van der Waals surface area contributed by atoms with Gasteiger partial charge in [-0.05, 0) is 18.5 Å². The van der Waals surface area contributed by atoms with Crippen LogP contribution in [0.25, 0.3) is 0 Å². The van der Waals surface area contributed by atoms with Crippen molar-refractivity contribution in [2.45, 2.75) is 33.2 Å². The van der Waals surface area contributed by atoms with E-state index >= 15 is 0 Å². The van der Waals surface area contributed by atoms with Gasteiger partial charge in [-0.25, -0.2) is 0 Å². The van der Waals surface area contributed by atoms with Gasteiger partial charge in [-0.15, -0.1) is 11.3 Å². The first-order chi connectivity index (χ1) is 7.30. The molecule has 1 N–H and O–H groups in total. The van der Waals surface area contributed by atoms with Crippen molar-refractivity contribution in [2.75, 3.05) is 6.54 Å². The number of nitrogens with zero attached hydrogens (tertiary/aromatic N) is 1. The highest BCUT2D eigenvalue weighted by atomic mass is 32.1. The Morgan fingerprint density at radius 1 is 1.47 bits per heavy atom. The molecule has 0 aliphatic heterocycles. The average Bonchev–Trinajstić information content (AvgIpc) is 2.72. The van der Waals surface area contributed by atoms with Gasteiger partial charge >= 0.3 is 0 Å². The van der Waals surface area contributed by atoms with Crippen LogP contribution >= 0.6 is 11.3 Å². The summed E-state index contributed by atoms with van der Waals surface area (Å²) in [5.74, 6) is 0.778. The summed E-state index contributed by atoms with van der Waals surface area (Å²) in [4.78, 5) is 1.25. The number of nitrogens with one attached hydrogen (secondary N) is 1. The third kappa shape index (κ3) is 4.03. The lowest BCUT2D eigenvalue weighted by atomic mass is 10.0. The Bertz CT molecular complexity index is 321. The Morgan fingerprint density at radius 3 is 2.73 bits per heavy atom. The third-order valence-electron chi connectivity index (χ3n) is 2.67. The van der Waals surface area contributed by atoms with Crippen LogP contribution in [-0.4, -0.2) is 6.54 Å². The Morgan fingerprint density at radius 2 is 2.20 bits per heavy atom. The quantitative estimate of drug-likeness (QED) is 0.802. The molecule has 1 aromatic heterocycles. The molecule has 0 atom stereocenters. The van der Waals surface area contributed by atoms with Crippen LogP contribution < -0.4 is 5.32 Å². The number of hydrogen-bond donors (Lipinski definition) is 1. The molecule has 82 valence electrons. The standard InChI is InChI=1S/C12H18N2S/c1-3-10(4-2)7-14-8-12-5-11(6-13)9-15-12/h5,9-10,14H,3-4,7-8H2,1-2H3. The van der Waals surface area contributed by atoms with Gasteiger partial charge in [0.25, 0.3) is 0 Å². The molecule has 0 amide bonds. The molecular formula is C12H18N2S. The van der Waals surface area contributed by atoms with E-state index < -0.39 is 0 Å². The second kappa shape index (κ2) is 6.60. The van der Waals surface area contributed by atoms with Crippen LogP contribution in [0, 0.1) is 17.2 Å². The molecule has 0 aromatic carbocycles. The van der Waals surface area contributed by atoms with E-state index in [0.717, 1.165) is 24.6 Å². The highest BCUT2D eigenvalue weighted by Crippen LogP contribution is 2.13. The van der Waals surface area contributed by atoms with Gasteiger partial charge in [0.1, 0.15) is 6.07 Å². The van der Waals surface area contributed by atoms with Gasteiger partial charge in [-0.1, -0.05) is 26.7 Å². The molecule has 15 heavy (non-hydrogen) atoms. The first kappa shape index (κ1) is 12.2. The molecule has 1 rings (SSSR count). The molecular weight excluding hydrogens is 204 g/mol. The highest BCUT2D eigenvalue weighted by molar-refractivity contribution is 7.10. The third-order valence-corrected chi connectivity index (χ3v) is 3.61. The zero-order valence-electron chi connectivity index (χ0n) is 9.42. The van der Waals surface area contributed by atoms with Gasteiger partial charge in [0.2, 0.25) is 0 Å². The lowest BCUT2D eigenvalue weighted by Gasteiger charge is -2.12. The van der Waals surface area contributed by atoms with E-state index in [0.29, 0.717) is 0 Å². The molecule has 0 unspecified atom stereocenters. The van der Waals surface area contributed by atoms with Gasteiger partial charge in [-0.2, -0.15) is 5.26 Å². The topological polar surface area (TPSA) is 35.8 Å². The molecule has 0 aliphatic carbocycles. The Hall–Kier alpha value is -0.850. The van der Waals surface area contributed by atoms with Gasteiger partial charge in [-0.3, -0.25) is 0 Å². The summed E-state index contributed by atoms with van der Waals surface area (Å²) >= 11 is 1.66. The van der Waals surface area contributed by atoms with E-state index in [9.17, 15) is 0 Å². The average molecular weight is 222 g/mol. The number of nitriles is 1. The van der Waals surface area contributed by atoms with E-state index in [1.807, 2.05) is 11.4 Å². The first-order valence-corrected chi connectivity index (χ1v) is 6.36. The van der Waals surface area contributed by atoms with Gasteiger partial charge in [0, 0.05) is 16.8 Å². The Kier molecular flexibility index (Phi) is 5.38. The highest BCUT2D eigenvalue weighted by Gasteiger charge is 2.03. The lowest BCUT2D eigenvalue weighted by Crippen LogP contribution is -2.21. The summed E-state index contributed by atoms with van der Waals surface area (Å²) in [6.07, 6.45) is 2.47. The second-order valence-corrected chi connectivity index (χ2v) is 4.72. The van der Waals surface area contributed by atoms with Crippen LogP contribution in [0.1, 0.15) is 37.1 Å². The second-order valence-electron chi connectivity index (χ2n) is 3.73. The van der Waals surface area contributed by atoms with Crippen molar-refractivity contribution in [3.8, 4) is 6.07 Å². The predicted molar refractivity (Wildman–Crippen MR) is 64.8 cm³/mol. The fraction of sp³-hybridized carbons (Fsp3) is 0.583. The molecule has 1 heterocycles. The smallest absolute Gasteiger partial charge is 0.100 e. The van der Waals surface area contributed by atoms with Gasteiger partial charge in [0.05, 0.1) is 5.56 Å². The molecule has 0 radical (unpaired) electrons. The molecule has 3 heteroatoms. The van der Waals surface area contributed by atoms with E-state index in [4.69, 9.17) is 5.26 Å². The van der Waals surface area contributed by atoms with E-state index in [-0.39, 0.29) is 0 Å². The number of thiophene rings is 1. The zero-order valence-corrected chi connectivity index (χ0v) is 10.2. The molecule has 0 aliphatic rings. The monoisotopic (exact) mass is 222 g/mol. The van der Waals surface area contributed by atoms with Crippen molar-refractivity contribution in [1.29, 1.82) is 5.26 Å². The molecule has 0 fully saturated rings. The van der Waals surface area contributed by atoms with Gasteiger partial charge < -0.3 is 5.32 Å². The minimum absolute atomic E-state index is 0.777. The summed E-state index contributed by atoms with van der Waals surface area (Å²) in [6, 6.07) is 4.11. The zero-order chi connectivity index (χ0) is 11.1. The lowest BCUT2D eigenvalue weighted by molar-refractivity contribution is 0.450. The number of hydrogen-bond acceptors (Lipinski definition) is 3. The Balaban J connectivity index is 2.28. The van der Waals surface area contributed by atoms with Crippen LogP contribution in [0.4, 0.5) is 0 Å². The summed E-state index contributed by atoms with van der Waals surface area (Å²) in [5.41, 5.74) is 0.777. The molecule has 0 saturated heterocycles.